The lowest BCUT2D eigenvalue weighted by Gasteiger charge is -2.13. The minimum Gasteiger partial charge on any atom is -0.496 e. The molecule has 0 aliphatic heterocycles. The van der Waals surface area contributed by atoms with Gasteiger partial charge in [0.1, 0.15) is 5.75 Å². The normalized spacial score (nSPS) is 14.2. The molecule has 1 aliphatic rings. The van der Waals surface area contributed by atoms with Crippen LogP contribution in [-0.2, 0) is 6.54 Å². The Morgan fingerprint density at radius 2 is 1.96 bits per heavy atom. The average Bonchev–Trinajstić information content (AvgIpc) is 3.42. The van der Waals surface area contributed by atoms with E-state index in [4.69, 9.17) is 9.84 Å². The maximum absolute atomic E-state index is 12.6. The van der Waals surface area contributed by atoms with Crippen LogP contribution in [0.1, 0.15) is 47.8 Å². The molecule has 3 aromatic rings. The van der Waals surface area contributed by atoms with E-state index in [0.717, 1.165) is 29.9 Å². The number of benzene rings is 1. The van der Waals surface area contributed by atoms with E-state index >= 15 is 0 Å². The van der Waals surface area contributed by atoms with Gasteiger partial charge in [0, 0.05) is 6.20 Å². The fourth-order valence-corrected chi connectivity index (χ4v) is 3.76. The van der Waals surface area contributed by atoms with Crippen molar-refractivity contribution in [1.29, 1.82) is 0 Å². The zero-order valence-electron chi connectivity index (χ0n) is 16.0. The van der Waals surface area contributed by atoms with Crippen LogP contribution in [-0.4, -0.2) is 27.8 Å². The van der Waals surface area contributed by atoms with Crippen LogP contribution < -0.4 is 10.1 Å². The first-order valence-electron chi connectivity index (χ1n) is 9.67. The molecule has 144 valence electrons. The Morgan fingerprint density at radius 1 is 1.18 bits per heavy atom. The van der Waals surface area contributed by atoms with E-state index in [1.807, 2.05) is 36.4 Å². The summed E-state index contributed by atoms with van der Waals surface area (Å²) in [7, 11) is 1.56. The molecule has 1 fully saturated rings. The first-order chi connectivity index (χ1) is 13.8. The van der Waals surface area contributed by atoms with E-state index in [2.05, 4.69) is 15.0 Å². The van der Waals surface area contributed by atoms with E-state index in [1.165, 1.54) is 12.8 Å². The Morgan fingerprint density at radius 3 is 2.71 bits per heavy atom. The number of carbonyl (C=O) groups excluding carboxylic acids is 1. The minimum absolute atomic E-state index is 0.174. The third kappa shape index (κ3) is 3.76. The van der Waals surface area contributed by atoms with Gasteiger partial charge < -0.3 is 10.1 Å². The summed E-state index contributed by atoms with van der Waals surface area (Å²) in [6.45, 7) is 0.358. The van der Waals surface area contributed by atoms with Gasteiger partial charge in [-0.25, -0.2) is 0 Å². The van der Waals surface area contributed by atoms with E-state index in [9.17, 15) is 4.79 Å². The number of pyridine rings is 1. The lowest BCUT2D eigenvalue weighted by molar-refractivity contribution is 0.0947. The van der Waals surface area contributed by atoms with E-state index in [1.54, 1.807) is 25.4 Å². The second-order valence-corrected chi connectivity index (χ2v) is 7.00. The lowest BCUT2D eigenvalue weighted by Crippen LogP contribution is -2.23. The molecule has 4 rings (SSSR count). The molecule has 0 unspecified atom stereocenters. The van der Waals surface area contributed by atoms with Gasteiger partial charge in [-0.05, 0) is 43.2 Å². The molecule has 1 N–H and O–H groups in total. The van der Waals surface area contributed by atoms with Gasteiger partial charge in [-0.15, -0.1) is 0 Å². The summed E-state index contributed by atoms with van der Waals surface area (Å²) >= 11 is 0. The quantitative estimate of drug-likeness (QED) is 0.706. The maximum atomic E-state index is 12.6. The third-order valence-electron chi connectivity index (χ3n) is 5.17. The van der Waals surface area contributed by atoms with Crippen molar-refractivity contribution in [3.05, 3.63) is 66.0 Å². The molecular weight excluding hydrogens is 352 g/mol. The first-order valence-corrected chi connectivity index (χ1v) is 9.67. The van der Waals surface area contributed by atoms with Gasteiger partial charge in [-0.3, -0.25) is 14.5 Å². The van der Waals surface area contributed by atoms with Crippen molar-refractivity contribution in [1.82, 2.24) is 20.1 Å². The van der Waals surface area contributed by atoms with Crippen molar-refractivity contribution in [3.63, 3.8) is 0 Å². The summed E-state index contributed by atoms with van der Waals surface area (Å²) in [5, 5.41) is 7.76. The molecule has 28 heavy (non-hydrogen) atoms. The molecule has 6 nitrogen and oxygen atoms in total. The number of para-hydroxylation sites is 1. The largest absolute Gasteiger partial charge is 0.496 e. The summed E-state index contributed by atoms with van der Waals surface area (Å²) in [4.78, 5) is 17.1. The van der Waals surface area contributed by atoms with Crippen LogP contribution in [0.3, 0.4) is 0 Å². The van der Waals surface area contributed by atoms with Crippen molar-refractivity contribution in [2.45, 2.75) is 38.3 Å². The van der Waals surface area contributed by atoms with Crippen LogP contribution in [0.2, 0.25) is 0 Å². The lowest BCUT2D eigenvalue weighted by atomic mass is 10.2. The minimum atomic E-state index is -0.174. The fourth-order valence-electron chi connectivity index (χ4n) is 3.76. The summed E-state index contributed by atoms with van der Waals surface area (Å²) in [5.41, 5.74) is 3.26. The molecule has 1 aliphatic carbocycles. The molecule has 2 aromatic heterocycles. The number of aromatic nitrogens is 3. The summed E-state index contributed by atoms with van der Waals surface area (Å²) in [6, 6.07) is 15.5. The smallest absolute Gasteiger partial charge is 0.255 e. The highest BCUT2D eigenvalue weighted by atomic mass is 16.5. The van der Waals surface area contributed by atoms with Crippen LogP contribution in [0.25, 0.3) is 11.4 Å². The number of carbonyl (C=O) groups is 1. The highest BCUT2D eigenvalue weighted by molar-refractivity contribution is 5.96. The number of nitrogens with zero attached hydrogens (tertiary/aromatic N) is 3. The first kappa shape index (κ1) is 18.2. The summed E-state index contributed by atoms with van der Waals surface area (Å²) in [6.07, 6.45) is 6.52. The number of hydrogen-bond donors (Lipinski definition) is 1. The molecule has 0 bridgehead atoms. The van der Waals surface area contributed by atoms with E-state index in [-0.39, 0.29) is 5.91 Å². The molecular formula is C22H24N4O2. The molecule has 0 radical (unpaired) electrons. The molecule has 1 aromatic carbocycles. The van der Waals surface area contributed by atoms with Crippen LogP contribution in [0.5, 0.6) is 5.75 Å². The van der Waals surface area contributed by atoms with Gasteiger partial charge in [0.2, 0.25) is 0 Å². The Labute approximate surface area is 164 Å². The van der Waals surface area contributed by atoms with Gasteiger partial charge in [0.25, 0.3) is 5.91 Å². The van der Waals surface area contributed by atoms with Crippen LogP contribution in [0.4, 0.5) is 0 Å². The Bertz CT molecular complexity index is 946. The van der Waals surface area contributed by atoms with Gasteiger partial charge in [-0.1, -0.05) is 31.0 Å². The zero-order valence-corrected chi connectivity index (χ0v) is 16.0. The predicted octanol–water partition coefficient (Wildman–Crippen LogP) is 4.00. The summed E-state index contributed by atoms with van der Waals surface area (Å²) < 4.78 is 7.38. The number of rotatable bonds is 6. The number of amides is 1. The van der Waals surface area contributed by atoms with Gasteiger partial charge in [0.15, 0.2) is 0 Å². The molecule has 0 saturated heterocycles. The standard InChI is InChI=1S/C22H24N4O2/c1-28-21-12-5-4-10-18(21)22(27)24-15-16-14-20(19-11-6-7-13-23-19)26(25-16)17-8-2-3-9-17/h4-7,10-14,17H,2-3,8-9,15H2,1H3,(H,24,27). The number of ether oxygens (including phenoxy) is 1. The van der Waals surface area contributed by atoms with Crippen molar-refractivity contribution >= 4 is 5.91 Å². The van der Waals surface area contributed by atoms with E-state index in [0.29, 0.717) is 23.9 Å². The molecule has 0 atom stereocenters. The predicted molar refractivity (Wildman–Crippen MR) is 107 cm³/mol. The molecule has 1 amide bonds. The SMILES string of the molecule is COc1ccccc1C(=O)NCc1cc(-c2ccccn2)n(C2CCCC2)n1. The Balaban J connectivity index is 1.56. The maximum Gasteiger partial charge on any atom is 0.255 e. The van der Waals surface area contributed by atoms with Crippen LogP contribution in [0.15, 0.2) is 54.7 Å². The highest BCUT2D eigenvalue weighted by Gasteiger charge is 2.22. The third-order valence-corrected chi connectivity index (χ3v) is 5.17. The van der Waals surface area contributed by atoms with Crippen molar-refractivity contribution in [3.8, 4) is 17.1 Å². The second-order valence-electron chi connectivity index (χ2n) is 7.00. The van der Waals surface area contributed by atoms with Crippen LogP contribution in [0, 0.1) is 0 Å². The van der Waals surface area contributed by atoms with E-state index < -0.39 is 0 Å². The number of hydrogen-bond acceptors (Lipinski definition) is 4. The number of nitrogens with one attached hydrogen (secondary N) is 1. The average molecular weight is 376 g/mol. The highest BCUT2D eigenvalue weighted by Crippen LogP contribution is 2.33. The van der Waals surface area contributed by atoms with Crippen molar-refractivity contribution in [2.24, 2.45) is 0 Å². The van der Waals surface area contributed by atoms with Gasteiger partial charge in [-0.2, -0.15) is 5.10 Å². The monoisotopic (exact) mass is 376 g/mol. The summed E-state index contributed by atoms with van der Waals surface area (Å²) in [5.74, 6) is 0.387. The number of methoxy groups -OCH3 is 1. The zero-order chi connectivity index (χ0) is 19.3. The molecule has 0 spiro atoms. The van der Waals surface area contributed by atoms with Crippen LogP contribution >= 0.6 is 0 Å². The molecule has 2 heterocycles. The Kier molecular flexibility index (Phi) is 5.37. The second kappa shape index (κ2) is 8.25. The Hall–Kier alpha value is -3.15. The van der Waals surface area contributed by atoms with Crippen molar-refractivity contribution in [2.75, 3.05) is 7.11 Å². The van der Waals surface area contributed by atoms with Gasteiger partial charge in [0.05, 0.1) is 42.3 Å². The van der Waals surface area contributed by atoms with Crippen molar-refractivity contribution < 1.29 is 9.53 Å². The molecule has 1 saturated carbocycles. The molecule has 6 heteroatoms. The van der Waals surface area contributed by atoms with Gasteiger partial charge >= 0.3 is 0 Å². The topological polar surface area (TPSA) is 69.0 Å². The fraction of sp³-hybridized carbons (Fsp3) is 0.318.